The zero-order valence-corrected chi connectivity index (χ0v) is 10.6. The van der Waals surface area contributed by atoms with Gasteiger partial charge in [0.15, 0.2) is 5.76 Å². The van der Waals surface area contributed by atoms with E-state index >= 15 is 0 Å². The lowest BCUT2D eigenvalue weighted by Gasteiger charge is -2.35. The van der Waals surface area contributed by atoms with Gasteiger partial charge in [-0.05, 0) is 24.2 Å². The zero-order chi connectivity index (χ0) is 12.2. The summed E-state index contributed by atoms with van der Waals surface area (Å²) < 4.78 is 5.50. The molecule has 2 heteroatoms. The van der Waals surface area contributed by atoms with E-state index in [0.717, 1.165) is 12.0 Å². The molecule has 0 saturated carbocycles. The first-order valence-corrected chi connectivity index (χ1v) is 6.43. The Kier molecular flexibility index (Phi) is 2.29. The van der Waals surface area contributed by atoms with Crippen LogP contribution in [0.2, 0.25) is 0 Å². The lowest BCUT2D eigenvalue weighted by Crippen LogP contribution is -2.29. The van der Waals surface area contributed by atoms with Gasteiger partial charge in [0, 0.05) is 17.0 Å². The first-order valence-electron chi connectivity index (χ1n) is 6.43. The van der Waals surface area contributed by atoms with Gasteiger partial charge in [-0.15, -0.1) is 0 Å². The molecule has 0 N–H and O–H groups in total. The van der Waals surface area contributed by atoms with Gasteiger partial charge in [-0.25, -0.2) is 0 Å². The summed E-state index contributed by atoms with van der Waals surface area (Å²) in [4.78, 5) is 12.1. The standard InChI is InChI=1S/C15H18O2/c1-8(2)11-5-4-10-7-17-15-13(10)12(11)6-9(3)14(15)16/h4-5,7-9,11-12H,6H2,1-3H3/t9-,11+,12+/m1/s1. The van der Waals surface area contributed by atoms with Crippen molar-refractivity contribution in [2.45, 2.75) is 33.1 Å². The van der Waals surface area contributed by atoms with Gasteiger partial charge in [-0.3, -0.25) is 4.79 Å². The lowest BCUT2D eigenvalue weighted by atomic mass is 9.67. The minimum absolute atomic E-state index is 0.0965. The van der Waals surface area contributed by atoms with Gasteiger partial charge in [0.1, 0.15) is 0 Å². The summed E-state index contributed by atoms with van der Waals surface area (Å²) >= 11 is 0. The average molecular weight is 230 g/mol. The highest BCUT2D eigenvalue weighted by molar-refractivity contribution is 5.99. The van der Waals surface area contributed by atoms with E-state index in [1.807, 2.05) is 6.92 Å². The van der Waals surface area contributed by atoms with Gasteiger partial charge in [0.05, 0.1) is 6.26 Å². The highest BCUT2D eigenvalue weighted by Gasteiger charge is 2.40. The number of rotatable bonds is 1. The SMILES string of the molecule is CC(C)[C@@H]1C=Cc2coc3c2[C@H]1C[C@@H](C)C3=O. The maximum Gasteiger partial charge on any atom is 0.201 e. The van der Waals surface area contributed by atoms with Crippen molar-refractivity contribution in [2.75, 3.05) is 0 Å². The Balaban J connectivity index is 2.14. The molecule has 3 atom stereocenters. The van der Waals surface area contributed by atoms with Gasteiger partial charge in [0.25, 0.3) is 0 Å². The second kappa shape index (κ2) is 3.59. The van der Waals surface area contributed by atoms with Crippen LogP contribution in [0.5, 0.6) is 0 Å². The molecule has 0 amide bonds. The third kappa shape index (κ3) is 1.43. The molecule has 0 bridgehead atoms. The smallest absolute Gasteiger partial charge is 0.201 e. The lowest BCUT2D eigenvalue weighted by molar-refractivity contribution is 0.0862. The maximum absolute atomic E-state index is 12.1. The summed E-state index contributed by atoms with van der Waals surface area (Å²) in [5, 5.41) is 0. The average Bonchev–Trinajstić information content (AvgIpc) is 2.71. The van der Waals surface area contributed by atoms with Crippen molar-refractivity contribution >= 4 is 11.9 Å². The van der Waals surface area contributed by atoms with Crippen molar-refractivity contribution in [1.82, 2.24) is 0 Å². The number of hydrogen-bond donors (Lipinski definition) is 0. The van der Waals surface area contributed by atoms with E-state index in [2.05, 4.69) is 26.0 Å². The second-order valence-electron chi connectivity index (χ2n) is 5.72. The number of ketones is 1. The Bertz CT molecular complexity index is 493. The van der Waals surface area contributed by atoms with Gasteiger partial charge < -0.3 is 4.42 Å². The maximum atomic E-state index is 12.1. The molecule has 2 aliphatic carbocycles. The van der Waals surface area contributed by atoms with Crippen molar-refractivity contribution in [2.24, 2.45) is 17.8 Å². The normalized spacial score (nSPS) is 30.8. The van der Waals surface area contributed by atoms with Gasteiger partial charge >= 0.3 is 0 Å². The number of carbonyl (C=O) groups excluding carboxylic acids is 1. The summed E-state index contributed by atoms with van der Waals surface area (Å²) in [6, 6.07) is 0. The molecular weight excluding hydrogens is 212 g/mol. The second-order valence-corrected chi connectivity index (χ2v) is 5.72. The highest BCUT2D eigenvalue weighted by Crippen LogP contribution is 2.47. The van der Waals surface area contributed by atoms with E-state index in [1.54, 1.807) is 6.26 Å². The van der Waals surface area contributed by atoms with Crippen LogP contribution in [0.3, 0.4) is 0 Å². The van der Waals surface area contributed by atoms with E-state index in [1.165, 1.54) is 5.56 Å². The van der Waals surface area contributed by atoms with Crippen LogP contribution in [0.15, 0.2) is 16.8 Å². The van der Waals surface area contributed by atoms with Gasteiger partial charge in [-0.1, -0.05) is 32.9 Å². The largest absolute Gasteiger partial charge is 0.460 e. The Labute approximate surface area is 102 Å². The molecule has 2 aliphatic rings. The number of carbonyl (C=O) groups is 1. The Morgan fingerprint density at radius 1 is 1.41 bits per heavy atom. The molecule has 17 heavy (non-hydrogen) atoms. The number of hydrogen-bond acceptors (Lipinski definition) is 2. The van der Waals surface area contributed by atoms with Crippen molar-refractivity contribution in [3.05, 3.63) is 29.2 Å². The molecular formula is C15H18O2. The van der Waals surface area contributed by atoms with E-state index in [0.29, 0.717) is 23.5 Å². The number of furan rings is 1. The minimum Gasteiger partial charge on any atom is -0.460 e. The van der Waals surface area contributed by atoms with Crippen molar-refractivity contribution in [3.63, 3.8) is 0 Å². The Morgan fingerprint density at radius 2 is 2.18 bits per heavy atom. The quantitative estimate of drug-likeness (QED) is 0.732. The van der Waals surface area contributed by atoms with Crippen LogP contribution >= 0.6 is 0 Å². The Morgan fingerprint density at radius 3 is 2.88 bits per heavy atom. The van der Waals surface area contributed by atoms with E-state index in [-0.39, 0.29) is 11.7 Å². The number of allylic oxidation sites excluding steroid dienone is 1. The molecule has 1 aromatic heterocycles. The van der Waals surface area contributed by atoms with Crippen molar-refractivity contribution < 1.29 is 9.21 Å². The summed E-state index contributed by atoms with van der Waals surface area (Å²) in [7, 11) is 0. The topological polar surface area (TPSA) is 30.2 Å². The monoisotopic (exact) mass is 230 g/mol. The van der Waals surface area contributed by atoms with Crippen LogP contribution in [0, 0.1) is 17.8 Å². The predicted octanol–water partition coefficient (Wildman–Crippen LogP) is 3.88. The van der Waals surface area contributed by atoms with Crippen LogP contribution in [-0.4, -0.2) is 5.78 Å². The third-order valence-corrected chi connectivity index (χ3v) is 4.24. The van der Waals surface area contributed by atoms with Crippen LogP contribution in [0.4, 0.5) is 0 Å². The molecule has 0 spiro atoms. The molecule has 0 radical (unpaired) electrons. The van der Waals surface area contributed by atoms with Crippen molar-refractivity contribution in [3.8, 4) is 0 Å². The molecule has 0 aromatic carbocycles. The van der Waals surface area contributed by atoms with Crippen LogP contribution < -0.4 is 0 Å². The first kappa shape index (κ1) is 10.8. The van der Waals surface area contributed by atoms with Gasteiger partial charge in [-0.2, -0.15) is 0 Å². The van der Waals surface area contributed by atoms with Crippen LogP contribution in [0.25, 0.3) is 6.08 Å². The molecule has 0 unspecified atom stereocenters. The highest BCUT2D eigenvalue weighted by atomic mass is 16.3. The third-order valence-electron chi connectivity index (χ3n) is 4.24. The molecule has 1 aromatic rings. The predicted molar refractivity (Wildman–Crippen MR) is 66.9 cm³/mol. The molecule has 0 saturated heterocycles. The fraction of sp³-hybridized carbons (Fsp3) is 0.533. The molecule has 0 aliphatic heterocycles. The molecule has 3 rings (SSSR count). The van der Waals surface area contributed by atoms with Crippen LogP contribution in [-0.2, 0) is 0 Å². The molecule has 2 nitrogen and oxygen atoms in total. The summed E-state index contributed by atoms with van der Waals surface area (Å²) in [6.45, 7) is 6.52. The van der Waals surface area contributed by atoms with E-state index < -0.39 is 0 Å². The molecule has 0 fully saturated rings. The molecule has 90 valence electrons. The summed E-state index contributed by atoms with van der Waals surface area (Å²) in [5.41, 5.74) is 2.29. The van der Waals surface area contributed by atoms with Crippen LogP contribution in [0.1, 0.15) is 54.8 Å². The first-order chi connectivity index (χ1) is 8.09. The summed E-state index contributed by atoms with van der Waals surface area (Å²) in [5.74, 6) is 2.51. The zero-order valence-electron chi connectivity index (χ0n) is 10.6. The Hall–Kier alpha value is -1.31. The summed E-state index contributed by atoms with van der Waals surface area (Å²) in [6.07, 6.45) is 7.11. The number of Topliss-reactive ketones (excluding diaryl/α,β-unsaturated/α-hetero) is 1. The fourth-order valence-corrected chi connectivity index (χ4v) is 3.30. The molecule has 1 heterocycles. The fourth-order valence-electron chi connectivity index (χ4n) is 3.30. The van der Waals surface area contributed by atoms with E-state index in [4.69, 9.17) is 4.42 Å². The van der Waals surface area contributed by atoms with Crippen molar-refractivity contribution in [1.29, 1.82) is 0 Å². The van der Waals surface area contributed by atoms with Gasteiger partial charge in [0.2, 0.25) is 5.78 Å². The van der Waals surface area contributed by atoms with E-state index in [9.17, 15) is 4.79 Å². The minimum atomic E-state index is 0.0965.